The monoisotopic (exact) mass is 272 g/mol. The molecule has 0 fully saturated rings. The molecule has 0 saturated carbocycles. The first kappa shape index (κ1) is 14.9. The van der Waals surface area contributed by atoms with Crippen molar-refractivity contribution in [3.8, 4) is 0 Å². The van der Waals surface area contributed by atoms with E-state index >= 15 is 0 Å². The fourth-order valence-electron chi connectivity index (χ4n) is 1.43. The average Bonchev–Trinajstić information content (AvgIpc) is 2.31. The van der Waals surface area contributed by atoms with Gasteiger partial charge in [-0.15, -0.1) is 0 Å². The summed E-state index contributed by atoms with van der Waals surface area (Å²) in [5, 5.41) is 0. The van der Waals surface area contributed by atoms with Crippen molar-refractivity contribution in [2.24, 2.45) is 0 Å². The number of benzene rings is 1. The van der Waals surface area contributed by atoms with E-state index < -0.39 is 10.0 Å². The number of rotatable bonds is 8. The van der Waals surface area contributed by atoms with Gasteiger partial charge < -0.3 is 10.5 Å². The zero-order valence-electron chi connectivity index (χ0n) is 10.6. The van der Waals surface area contributed by atoms with Crippen molar-refractivity contribution in [2.45, 2.75) is 19.1 Å². The molecule has 3 N–H and O–H groups in total. The van der Waals surface area contributed by atoms with Gasteiger partial charge in [-0.3, -0.25) is 0 Å². The summed E-state index contributed by atoms with van der Waals surface area (Å²) in [6.07, 6.45) is 0.675. The van der Waals surface area contributed by atoms with Gasteiger partial charge in [-0.2, -0.15) is 0 Å². The topological polar surface area (TPSA) is 81.4 Å². The van der Waals surface area contributed by atoms with E-state index in [1.807, 2.05) is 6.92 Å². The number of sulfonamides is 1. The van der Waals surface area contributed by atoms with Crippen molar-refractivity contribution < 1.29 is 13.2 Å². The molecule has 1 aromatic rings. The Hall–Kier alpha value is -1.11. The Bertz CT molecular complexity index is 443. The van der Waals surface area contributed by atoms with Crippen LogP contribution in [-0.4, -0.2) is 28.2 Å². The molecular formula is C12H20N2O3S. The highest BCUT2D eigenvalue weighted by Gasteiger charge is 2.10. The number of anilines is 1. The summed E-state index contributed by atoms with van der Waals surface area (Å²) in [5.41, 5.74) is 6.89. The SMILES string of the molecule is CCOCCCNS(=O)(=O)Cc1ccc(N)cc1. The Morgan fingerprint density at radius 2 is 1.94 bits per heavy atom. The van der Waals surface area contributed by atoms with Gasteiger partial charge in [0.2, 0.25) is 10.0 Å². The maximum absolute atomic E-state index is 11.7. The highest BCUT2D eigenvalue weighted by Crippen LogP contribution is 2.08. The lowest BCUT2D eigenvalue weighted by atomic mass is 10.2. The third kappa shape index (κ3) is 6.00. The lowest BCUT2D eigenvalue weighted by Gasteiger charge is -2.07. The van der Waals surface area contributed by atoms with E-state index in [1.165, 1.54) is 0 Å². The second kappa shape index (κ2) is 7.35. The van der Waals surface area contributed by atoms with Crippen LogP contribution in [0, 0.1) is 0 Å². The maximum Gasteiger partial charge on any atom is 0.215 e. The number of nitrogens with two attached hydrogens (primary N) is 1. The van der Waals surface area contributed by atoms with Gasteiger partial charge in [0.1, 0.15) is 0 Å². The molecule has 0 saturated heterocycles. The standard InChI is InChI=1S/C12H20N2O3S/c1-2-17-9-3-8-14-18(15,16)10-11-4-6-12(13)7-5-11/h4-7,14H,2-3,8-10,13H2,1H3. The summed E-state index contributed by atoms with van der Waals surface area (Å²) < 4.78 is 31.1. The molecule has 0 aliphatic carbocycles. The number of hydrogen-bond donors (Lipinski definition) is 2. The van der Waals surface area contributed by atoms with Gasteiger partial charge in [0.15, 0.2) is 0 Å². The summed E-state index contributed by atoms with van der Waals surface area (Å²) >= 11 is 0. The molecule has 0 unspecified atom stereocenters. The smallest absolute Gasteiger partial charge is 0.215 e. The molecule has 6 heteroatoms. The molecule has 0 aliphatic rings. The van der Waals surface area contributed by atoms with Crippen molar-refractivity contribution in [2.75, 3.05) is 25.5 Å². The van der Waals surface area contributed by atoms with E-state index in [2.05, 4.69) is 4.72 Å². The van der Waals surface area contributed by atoms with Gasteiger partial charge in [0.25, 0.3) is 0 Å². The Labute approximate surface area is 108 Å². The van der Waals surface area contributed by atoms with Crippen LogP contribution < -0.4 is 10.5 Å². The Balaban J connectivity index is 2.37. The summed E-state index contributed by atoms with van der Waals surface area (Å²) in [6.45, 7) is 3.53. The van der Waals surface area contributed by atoms with Gasteiger partial charge in [-0.05, 0) is 31.0 Å². The molecule has 102 valence electrons. The number of hydrogen-bond acceptors (Lipinski definition) is 4. The molecule has 0 bridgehead atoms. The molecule has 1 rings (SSSR count). The first-order valence-electron chi connectivity index (χ1n) is 5.93. The third-order valence-electron chi connectivity index (χ3n) is 2.33. The van der Waals surface area contributed by atoms with Crippen LogP contribution >= 0.6 is 0 Å². The number of ether oxygens (including phenoxy) is 1. The minimum absolute atomic E-state index is 0.0259. The van der Waals surface area contributed by atoms with Gasteiger partial charge in [-0.1, -0.05) is 12.1 Å². The van der Waals surface area contributed by atoms with Crippen molar-refractivity contribution in [1.82, 2.24) is 4.72 Å². The summed E-state index contributed by atoms with van der Waals surface area (Å²) in [7, 11) is -3.28. The summed E-state index contributed by atoms with van der Waals surface area (Å²) in [5.74, 6) is -0.0259. The lowest BCUT2D eigenvalue weighted by Crippen LogP contribution is -2.26. The van der Waals surface area contributed by atoms with Gasteiger partial charge in [0, 0.05) is 25.4 Å². The molecule has 0 spiro atoms. The van der Waals surface area contributed by atoms with E-state index in [1.54, 1.807) is 24.3 Å². The minimum Gasteiger partial charge on any atom is -0.399 e. The molecule has 0 aromatic heterocycles. The zero-order valence-corrected chi connectivity index (χ0v) is 11.4. The van der Waals surface area contributed by atoms with E-state index in [-0.39, 0.29) is 5.75 Å². The van der Waals surface area contributed by atoms with E-state index in [9.17, 15) is 8.42 Å². The molecule has 0 heterocycles. The molecule has 5 nitrogen and oxygen atoms in total. The van der Waals surface area contributed by atoms with Crippen LogP contribution in [0.15, 0.2) is 24.3 Å². The van der Waals surface area contributed by atoms with Crippen molar-refractivity contribution in [3.63, 3.8) is 0 Å². The Morgan fingerprint density at radius 3 is 2.56 bits per heavy atom. The van der Waals surface area contributed by atoms with Crippen LogP contribution in [-0.2, 0) is 20.5 Å². The third-order valence-corrected chi connectivity index (χ3v) is 3.69. The zero-order chi connectivity index (χ0) is 13.4. The quantitative estimate of drug-likeness (QED) is 0.549. The molecule has 0 amide bonds. The first-order chi connectivity index (χ1) is 8.53. The van der Waals surface area contributed by atoms with E-state index in [4.69, 9.17) is 10.5 Å². The number of nitrogen functional groups attached to an aromatic ring is 1. The highest BCUT2D eigenvalue weighted by atomic mass is 32.2. The lowest BCUT2D eigenvalue weighted by molar-refractivity contribution is 0.146. The minimum atomic E-state index is -3.28. The van der Waals surface area contributed by atoms with Crippen LogP contribution in [0.25, 0.3) is 0 Å². The van der Waals surface area contributed by atoms with Crippen LogP contribution in [0.4, 0.5) is 5.69 Å². The maximum atomic E-state index is 11.7. The molecule has 0 aliphatic heterocycles. The average molecular weight is 272 g/mol. The molecular weight excluding hydrogens is 252 g/mol. The van der Waals surface area contributed by atoms with Crippen LogP contribution in [0.1, 0.15) is 18.9 Å². The largest absolute Gasteiger partial charge is 0.399 e. The Morgan fingerprint density at radius 1 is 1.28 bits per heavy atom. The van der Waals surface area contributed by atoms with Gasteiger partial charge in [0.05, 0.1) is 5.75 Å². The predicted octanol–water partition coefficient (Wildman–Crippen LogP) is 1.11. The normalized spacial score (nSPS) is 11.6. The predicted molar refractivity (Wildman–Crippen MR) is 72.6 cm³/mol. The molecule has 0 radical (unpaired) electrons. The molecule has 0 atom stereocenters. The fourth-order valence-corrected chi connectivity index (χ4v) is 2.62. The van der Waals surface area contributed by atoms with Gasteiger partial charge >= 0.3 is 0 Å². The summed E-state index contributed by atoms with van der Waals surface area (Å²) in [6, 6.07) is 6.82. The van der Waals surface area contributed by atoms with E-state index in [0.717, 1.165) is 5.56 Å². The van der Waals surface area contributed by atoms with Crippen molar-refractivity contribution in [3.05, 3.63) is 29.8 Å². The van der Waals surface area contributed by atoms with Crippen LogP contribution in [0.2, 0.25) is 0 Å². The van der Waals surface area contributed by atoms with Crippen molar-refractivity contribution >= 4 is 15.7 Å². The summed E-state index contributed by atoms with van der Waals surface area (Å²) in [4.78, 5) is 0. The second-order valence-electron chi connectivity index (χ2n) is 3.95. The van der Waals surface area contributed by atoms with Crippen LogP contribution in [0.3, 0.4) is 0 Å². The first-order valence-corrected chi connectivity index (χ1v) is 7.58. The second-order valence-corrected chi connectivity index (χ2v) is 5.75. The highest BCUT2D eigenvalue weighted by molar-refractivity contribution is 7.88. The molecule has 18 heavy (non-hydrogen) atoms. The van der Waals surface area contributed by atoms with E-state index in [0.29, 0.717) is 31.9 Å². The van der Waals surface area contributed by atoms with Crippen LogP contribution in [0.5, 0.6) is 0 Å². The van der Waals surface area contributed by atoms with Gasteiger partial charge in [-0.25, -0.2) is 13.1 Å². The molecule has 1 aromatic carbocycles. The van der Waals surface area contributed by atoms with Crippen molar-refractivity contribution in [1.29, 1.82) is 0 Å². The fraction of sp³-hybridized carbons (Fsp3) is 0.500. The number of nitrogens with one attached hydrogen (secondary N) is 1. The Kier molecular flexibility index (Phi) is 6.11.